The molecule has 0 spiro atoms. The monoisotopic (exact) mass is 285 g/mol. The highest BCUT2D eigenvalue weighted by molar-refractivity contribution is 5.97. The second-order valence-electron chi connectivity index (χ2n) is 6.68. The topological polar surface area (TPSA) is 55.4 Å². The molecule has 1 heterocycles. The van der Waals surface area contributed by atoms with Gasteiger partial charge in [0.2, 0.25) is 5.91 Å². The first kappa shape index (κ1) is 12.9. The number of benzene rings is 1. The van der Waals surface area contributed by atoms with Crippen molar-refractivity contribution in [2.45, 2.75) is 32.8 Å². The van der Waals surface area contributed by atoms with Crippen LogP contribution in [0.25, 0.3) is 0 Å². The minimum absolute atomic E-state index is 0.0119. The molecule has 3 fully saturated rings. The van der Waals surface area contributed by atoms with Crippen molar-refractivity contribution in [3.05, 3.63) is 29.3 Å². The van der Waals surface area contributed by atoms with E-state index in [0.717, 1.165) is 29.7 Å². The van der Waals surface area contributed by atoms with Gasteiger partial charge in [-0.25, -0.2) is 0 Å². The molecule has 3 aliphatic rings. The van der Waals surface area contributed by atoms with Gasteiger partial charge in [0.15, 0.2) is 0 Å². The van der Waals surface area contributed by atoms with Crippen LogP contribution < -0.4 is 5.32 Å². The van der Waals surface area contributed by atoms with Gasteiger partial charge in [0.1, 0.15) is 6.10 Å². The van der Waals surface area contributed by atoms with Gasteiger partial charge in [0.05, 0.1) is 11.8 Å². The van der Waals surface area contributed by atoms with Gasteiger partial charge in [0.25, 0.3) is 0 Å². The summed E-state index contributed by atoms with van der Waals surface area (Å²) in [6.07, 6.45) is 1.90. The summed E-state index contributed by atoms with van der Waals surface area (Å²) in [6, 6.07) is 5.96. The summed E-state index contributed by atoms with van der Waals surface area (Å²) in [4.78, 5) is 24.7. The number of nitrogens with one attached hydrogen (secondary N) is 1. The first-order valence-corrected chi connectivity index (χ1v) is 7.64. The Morgan fingerprint density at radius 1 is 1.24 bits per heavy atom. The molecular formula is C17H19NO3. The fourth-order valence-corrected chi connectivity index (χ4v) is 4.58. The van der Waals surface area contributed by atoms with Crippen LogP contribution in [-0.4, -0.2) is 18.0 Å². The number of hydrogen-bond donors (Lipinski definition) is 1. The van der Waals surface area contributed by atoms with Crippen LogP contribution in [0.2, 0.25) is 0 Å². The molecule has 1 amide bonds. The molecule has 4 heteroatoms. The van der Waals surface area contributed by atoms with E-state index in [9.17, 15) is 9.59 Å². The molecule has 2 aliphatic carbocycles. The average molecular weight is 285 g/mol. The van der Waals surface area contributed by atoms with Crippen LogP contribution in [-0.2, 0) is 14.3 Å². The Hall–Kier alpha value is -1.84. The maximum absolute atomic E-state index is 12.7. The fourth-order valence-electron chi connectivity index (χ4n) is 4.58. The van der Waals surface area contributed by atoms with E-state index in [1.54, 1.807) is 0 Å². The van der Waals surface area contributed by atoms with E-state index in [-0.39, 0.29) is 35.7 Å². The van der Waals surface area contributed by atoms with Gasteiger partial charge in [-0.15, -0.1) is 0 Å². The number of fused-ring (bicyclic) bond motifs is 1. The number of ether oxygens (including phenoxy) is 1. The van der Waals surface area contributed by atoms with Crippen molar-refractivity contribution in [2.24, 2.45) is 23.7 Å². The zero-order valence-corrected chi connectivity index (χ0v) is 12.3. The van der Waals surface area contributed by atoms with Crippen LogP contribution in [0.4, 0.5) is 5.69 Å². The molecule has 0 unspecified atom stereocenters. The summed E-state index contributed by atoms with van der Waals surface area (Å²) in [6.45, 7) is 3.98. The number of esters is 1. The van der Waals surface area contributed by atoms with E-state index in [1.807, 2.05) is 32.0 Å². The van der Waals surface area contributed by atoms with E-state index in [2.05, 4.69) is 5.32 Å². The summed E-state index contributed by atoms with van der Waals surface area (Å²) in [7, 11) is 0. The van der Waals surface area contributed by atoms with E-state index in [0.29, 0.717) is 5.92 Å². The standard InChI is InChI=1S/C17H19NO3/c1-8-4-3-5-9(2)15(8)18-16(19)13-10-6-11-12(7-10)21-17(20)14(11)13/h3-5,10-14H,6-7H2,1-2H3,(H,18,19)/t10-,11+,12-,13+,14+/m1/s1. The summed E-state index contributed by atoms with van der Waals surface area (Å²) in [5.41, 5.74) is 2.99. The highest BCUT2D eigenvalue weighted by Crippen LogP contribution is 2.57. The number of carbonyl (C=O) groups excluding carboxylic acids is 2. The molecule has 110 valence electrons. The second-order valence-corrected chi connectivity index (χ2v) is 6.68. The Bertz CT molecular complexity index is 617. The lowest BCUT2D eigenvalue weighted by Gasteiger charge is -2.24. The smallest absolute Gasteiger partial charge is 0.310 e. The lowest BCUT2D eigenvalue weighted by atomic mass is 9.79. The molecule has 0 aromatic heterocycles. The normalized spacial score (nSPS) is 35.9. The number of hydrogen-bond acceptors (Lipinski definition) is 3. The predicted molar refractivity (Wildman–Crippen MR) is 77.6 cm³/mol. The molecule has 21 heavy (non-hydrogen) atoms. The summed E-state index contributed by atoms with van der Waals surface area (Å²) in [5, 5.41) is 3.06. The average Bonchev–Trinajstić information content (AvgIpc) is 3.04. The number of para-hydroxylation sites is 1. The van der Waals surface area contributed by atoms with Gasteiger partial charge < -0.3 is 10.1 Å². The lowest BCUT2D eigenvalue weighted by Crippen LogP contribution is -2.36. The quantitative estimate of drug-likeness (QED) is 0.849. The molecule has 2 saturated carbocycles. The van der Waals surface area contributed by atoms with Crippen LogP contribution >= 0.6 is 0 Å². The van der Waals surface area contributed by atoms with Gasteiger partial charge in [-0.1, -0.05) is 18.2 Å². The summed E-state index contributed by atoms with van der Waals surface area (Å²) < 4.78 is 5.40. The Labute approximate surface area is 123 Å². The highest BCUT2D eigenvalue weighted by atomic mass is 16.6. The molecule has 1 aliphatic heterocycles. The Balaban J connectivity index is 1.60. The molecule has 4 nitrogen and oxygen atoms in total. The molecular weight excluding hydrogens is 266 g/mol. The number of anilines is 1. The van der Waals surface area contributed by atoms with E-state index < -0.39 is 0 Å². The summed E-state index contributed by atoms with van der Waals surface area (Å²) >= 11 is 0. The molecule has 1 N–H and O–H groups in total. The fraction of sp³-hybridized carbons (Fsp3) is 0.529. The minimum Gasteiger partial charge on any atom is -0.462 e. The van der Waals surface area contributed by atoms with Crippen LogP contribution in [0.15, 0.2) is 18.2 Å². The lowest BCUT2D eigenvalue weighted by molar-refractivity contribution is -0.145. The third-order valence-electron chi connectivity index (χ3n) is 5.52. The Kier molecular flexibility index (Phi) is 2.65. The van der Waals surface area contributed by atoms with Gasteiger partial charge in [-0.05, 0) is 43.7 Å². The third-order valence-corrected chi connectivity index (χ3v) is 5.52. The number of aryl methyl sites for hydroxylation is 2. The van der Waals surface area contributed by atoms with Gasteiger partial charge >= 0.3 is 5.97 Å². The largest absolute Gasteiger partial charge is 0.462 e. The van der Waals surface area contributed by atoms with Crippen molar-refractivity contribution in [1.29, 1.82) is 0 Å². The first-order valence-electron chi connectivity index (χ1n) is 7.64. The van der Waals surface area contributed by atoms with E-state index >= 15 is 0 Å². The highest BCUT2D eigenvalue weighted by Gasteiger charge is 2.63. The molecule has 5 atom stereocenters. The number of rotatable bonds is 2. The number of amides is 1. The second kappa shape index (κ2) is 4.33. The van der Waals surface area contributed by atoms with Crippen LogP contribution in [0.1, 0.15) is 24.0 Å². The third kappa shape index (κ3) is 1.74. The maximum Gasteiger partial charge on any atom is 0.310 e. The van der Waals surface area contributed by atoms with Crippen molar-refractivity contribution < 1.29 is 14.3 Å². The SMILES string of the molecule is Cc1cccc(C)c1NC(=O)[C@H]1[C@@H]2C[C@@H]3[C@@H]1C(=O)O[C@@H]3C2. The van der Waals surface area contributed by atoms with Gasteiger partial charge in [-0.3, -0.25) is 9.59 Å². The molecule has 2 bridgehead atoms. The Morgan fingerprint density at radius 2 is 1.95 bits per heavy atom. The molecule has 1 saturated heterocycles. The van der Waals surface area contributed by atoms with Crippen molar-refractivity contribution in [2.75, 3.05) is 5.32 Å². The van der Waals surface area contributed by atoms with E-state index in [1.165, 1.54) is 0 Å². The van der Waals surface area contributed by atoms with Gasteiger partial charge in [0, 0.05) is 11.6 Å². The van der Waals surface area contributed by atoms with Gasteiger partial charge in [-0.2, -0.15) is 0 Å². The van der Waals surface area contributed by atoms with Crippen molar-refractivity contribution >= 4 is 17.6 Å². The zero-order chi connectivity index (χ0) is 14.7. The molecule has 1 aromatic rings. The van der Waals surface area contributed by atoms with Crippen molar-refractivity contribution in [1.82, 2.24) is 0 Å². The van der Waals surface area contributed by atoms with Crippen LogP contribution in [0.5, 0.6) is 0 Å². The first-order chi connectivity index (χ1) is 10.1. The minimum atomic E-state index is -0.210. The van der Waals surface area contributed by atoms with Crippen molar-refractivity contribution in [3.63, 3.8) is 0 Å². The molecule has 0 radical (unpaired) electrons. The molecule has 4 rings (SSSR count). The Morgan fingerprint density at radius 3 is 2.67 bits per heavy atom. The number of carbonyl (C=O) groups is 2. The van der Waals surface area contributed by atoms with Crippen LogP contribution in [0.3, 0.4) is 0 Å². The maximum atomic E-state index is 12.7. The predicted octanol–water partition coefficient (Wildman–Crippen LogP) is 2.44. The van der Waals surface area contributed by atoms with Crippen molar-refractivity contribution in [3.8, 4) is 0 Å². The molecule has 1 aromatic carbocycles. The van der Waals surface area contributed by atoms with E-state index in [4.69, 9.17) is 4.74 Å². The van der Waals surface area contributed by atoms with Crippen LogP contribution in [0, 0.1) is 37.5 Å². The zero-order valence-electron chi connectivity index (χ0n) is 12.3. The summed E-state index contributed by atoms with van der Waals surface area (Å²) in [5.74, 6) is -0.0100.